The Morgan fingerprint density at radius 1 is 1.44 bits per heavy atom. The molecule has 1 aromatic rings. The number of hydrogen-bond donors (Lipinski definition) is 2. The molecule has 0 aliphatic heterocycles. The number of rotatable bonds is 3. The Balaban J connectivity index is 2.23. The quantitative estimate of drug-likeness (QED) is 0.637. The highest BCUT2D eigenvalue weighted by Gasteiger charge is 2.25. The van der Waals surface area contributed by atoms with Crippen molar-refractivity contribution in [2.75, 3.05) is 0 Å². The summed E-state index contributed by atoms with van der Waals surface area (Å²) in [6.45, 7) is 4.14. The number of nitrogens with one attached hydrogen (secondary N) is 1. The van der Waals surface area contributed by atoms with Gasteiger partial charge in [0.2, 0.25) is 5.88 Å². The second-order valence-electron chi connectivity index (χ2n) is 5.14. The highest BCUT2D eigenvalue weighted by atomic mass is 16.5. The molecule has 0 spiro atoms. The lowest BCUT2D eigenvalue weighted by Gasteiger charge is -2.29. The van der Waals surface area contributed by atoms with E-state index in [1.807, 2.05) is 13.0 Å². The summed E-state index contributed by atoms with van der Waals surface area (Å²) in [6, 6.07) is 1.86. The standard InChI is InChI=1S/C14H21N3O/c1-9-5-3-4-6-11(9)18-14-12(13(15)16)10(2)7-8-17-14/h7-9,11H,3-6H2,1-2H3,(H3,15,16). The Bertz CT molecular complexity index is 445. The monoisotopic (exact) mass is 247 g/mol. The minimum absolute atomic E-state index is 0.0269. The molecule has 3 N–H and O–H groups in total. The van der Waals surface area contributed by atoms with Gasteiger partial charge in [-0.2, -0.15) is 0 Å². The average Bonchev–Trinajstić information content (AvgIpc) is 2.31. The van der Waals surface area contributed by atoms with E-state index in [0.717, 1.165) is 12.0 Å². The van der Waals surface area contributed by atoms with Crippen molar-refractivity contribution >= 4 is 5.84 Å². The zero-order valence-electron chi connectivity index (χ0n) is 11.1. The maximum Gasteiger partial charge on any atom is 0.225 e. The lowest BCUT2D eigenvalue weighted by Crippen LogP contribution is -2.30. The molecule has 2 rings (SSSR count). The third-order valence-electron chi connectivity index (χ3n) is 3.69. The number of nitrogens with zero attached hydrogens (tertiary/aromatic N) is 1. The molecule has 2 unspecified atom stereocenters. The molecule has 0 aromatic carbocycles. The second kappa shape index (κ2) is 5.38. The number of amidine groups is 1. The fraction of sp³-hybridized carbons (Fsp3) is 0.571. The van der Waals surface area contributed by atoms with Crippen LogP contribution in [0.4, 0.5) is 0 Å². The molecule has 4 nitrogen and oxygen atoms in total. The molecular formula is C14H21N3O. The Labute approximate surface area is 108 Å². The smallest absolute Gasteiger partial charge is 0.225 e. The molecule has 1 aliphatic rings. The van der Waals surface area contributed by atoms with E-state index in [2.05, 4.69) is 11.9 Å². The summed E-state index contributed by atoms with van der Waals surface area (Å²) >= 11 is 0. The van der Waals surface area contributed by atoms with Gasteiger partial charge in [-0.15, -0.1) is 0 Å². The fourth-order valence-electron chi connectivity index (χ4n) is 2.55. The lowest BCUT2D eigenvalue weighted by atomic mass is 9.88. The van der Waals surface area contributed by atoms with Crippen LogP contribution in [-0.4, -0.2) is 16.9 Å². The summed E-state index contributed by atoms with van der Waals surface area (Å²) in [5, 5.41) is 7.64. The largest absolute Gasteiger partial charge is 0.474 e. The molecule has 98 valence electrons. The van der Waals surface area contributed by atoms with E-state index in [-0.39, 0.29) is 11.9 Å². The van der Waals surface area contributed by atoms with Crippen molar-refractivity contribution in [3.63, 3.8) is 0 Å². The van der Waals surface area contributed by atoms with E-state index < -0.39 is 0 Å². The van der Waals surface area contributed by atoms with Gasteiger partial charge in [0.25, 0.3) is 0 Å². The molecule has 1 aliphatic carbocycles. The van der Waals surface area contributed by atoms with Gasteiger partial charge in [0.1, 0.15) is 11.9 Å². The van der Waals surface area contributed by atoms with Crippen molar-refractivity contribution in [1.82, 2.24) is 4.98 Å². The predicted octanol–water partition coefficient (Wildman–Crippen LogP) is 2.63. The van der Waals surface area contributed by atoms with E-state index in [9.17, 15) is 0 Å². The molecule has 1 heterocycles. The van der Waals surface area contributed by atoms with Crippen LogP contribution in [-0.2, 0) is 0 Å². The highest BCUT2D eigenvalue weighted by Crippen LogP contribution is 2.29. The summed E-state index contributed by atoms with van der Waals surface area (Å²) in [5.74, 6) is 1.08. The molecule has 1 aromatic heterocycles. The molecule has 0 saturated heterocycles. The van der Waals surface area contributed by atoms with Crippen LogP contribution in [0, 0.1) is 18.3 Å². The van der Waals surface area contributed by atoms with Crippen LogP contribution in [0.1, 0.15) is 43.7 Å². The van der Waals surface area contributed by atoms with Crippen LogP contribution in [0.3, 0.4) is 0 Å². The molecule has 0 amide bonds. The van der Waals surface area contributed by atoms with Gasteiger partial charge in [-0.25, -0.2) is 4.98 Å². The van der Waals surface area contributed by atoms with Crippen LogP contribution in [0.25, 0.3) is 0 Å². The van der Waals surface area contributed by atoms with Crippen molar-refractivity contribution in [3.05, 3.63) is 23.4 Å². The first kappa shape index (κ1) is 12.9. The van der Waals surface area contributed by atoms with Crippen LogP contribution in [0.5, 0.6) is 5.88 Å². The summed E-state index contributed by atoms with van der Waals surface area (Å²) in [5.41, 5.74) is 7.19. The Hall–Kier alpha value is -1.58. The number of pyridine rings is 1. The highest BCUT2D eigenvalue weighted by molar-refractivity contribution is 5.98. The first-order chi connectivity index (χ1) is 8.59. The van der Waals surface area contributed by atoms with Crippen molar-refractivity contribution < 1.29 is 4.74 Å². The van der Waals surface area contributed by atoms with Gasteiger partial charge in [-0.05, 0) is 43.7 Å². The van der Waals surface area contributed by atoms with Gasteiger partial charge in [0.05, 0.1) is 5.56 Å². The summed E-state index contributed by atoms with van der Waals surface area (Å²) in [6.07, 6.45) is 6.66. The first-order valence-corrected chi connectivity index (χ1v) is 6.56. The third-order valence-corrected chi connectivity index (χ3v) is 3.69. The van der Waals surface area contributed by atoms with Gasteiger partial charge in [0, 0.05) is 6.20 Å². The Kier molecular flexibility index (Phi) is 3.84. The van der Waals surface area contributed by atoms with Crippen LogP contribution >= 0.6 is 0 Å². The Morgan fingerprint density at radius 2 is 2.17 bits per heavy atom. The minimum Gasteiger partial charge on any atom is -0.474 e. The van der Waals surface area contributed by atoms with Crippen molar-refractivity contribution in [1.29, 1.82) is 5.41 Å². The number of aryl methyl sites for hydroxylation is 1. The van der Waals surface area contributed by atoms with Crippen molar-refractivity contribution in [2.45, 2.75) is 45.6 Å². The van der Waals surface area contributed by atoms with Gasteiger partial charge in [-0.3, -0.25) is 5.41 Å². The molecule has 0 bridgehead atoms. The minimum atomic E-state index is 0.0269. The number of nitrogen functional groups attached to an aromatic ring is 1. The van der Waals surface area contributed by atoms with Crippen molar-refractivity contribution in [2.24, 2.45) is 11.7 Å². The second-order valence-corrected chi connectivity index (χ2v) is 5.14. The fourth-order valence-corrected chi connectivity index (χ4v) is 2.55. The third kappa shape index (κ3) is 2.63. The lowest BCUT2D eigenvalue weighted by molar-refractivity contribution is 0.0973. The van der Waals surface area contributed by atoms with Crippen LogP contribution in [0.15, 0.2) is 12.3 Å². The van der Waals surface area contributed by atoms with E-state index in [1.165, 1.54) is 19.3 Å². The van der Waals surface area contributed by atoms with Gasteiger partial charge >= 0.3 is 0 Å². The predicted molar refractivity (Wildman–Crippen MR) is 72.0 cm³/mol. The normalized spacial score (nSPS) is 23.7. The molecule has 4 heteroatoms. The van der Waals surface area contributed by atoms with Gasteiger partial charge < -0.3 is 10.5 Å². The van der Waals surface area contributed by atoms with Crippen LogP contribution < -0.4 is 10.5 Å². The molecule has 1 fully saturated rings. The van der Waals surface area contributed by atoms with Crippen molar-refractivity contribution in [3.8, 4) is 5.88 Å². The summed E-state index contributed by atoms with van der Waals surface area (Å²) in [4.78, 5) is 4.25. The Morgan fingerprint density at radius 3 is 2.83 bits per heavy atom. The zero-order chi connectivity index (χ0) is 13.1. The number of ether oxygens (including phenoxy) is 1. The maximum atomic E-state index is 7.64. The SMILES string of the molecule is Cc1ccnc(OC2CCCCC2C)c1C(=N)N. The zero-order valence-corrected chi connectivity index (χ0v) is 11.1. The molecule has 18 heavy (non-hydrogen) atoms. The van der Waals surface area contributed by atoms with E-state index >= 15 is 0 Å². The topological polar surface area (TPSA) is 72.0 Å². The van der Waals surface area contributed by atoms with E-state index in [1.54, 1.807) is 6.20 Å². The molecule has 2 atom stereocenters. The van der Waals surface area contributed by atoms with Gasteiger partial charge in [-0.1, -0.05) is 13.3 Å². The van der Waals surface area contributed by atoms with Crippen LogP contribution in [0.2, 0.25) is 0 Å². The molecule has 0 radical (unpaired) electrons. The number of aromatic nitrogens is 1. The number of hydrogen-bond acceptors (Lipinski definition) is 3. The maximum absolute atomic E-state index is 7.64. The molecule has 1 saturated carbocycles. The molecular weight excluding hydrogens is 226 g/mol. The summed E-state index contributed by atoms with van der Waals surface area (Å²) in [7, 11) is 0. The van der Waals surface area contributed by atoms with Gasteiger partial charge in [0.15, 0.2) is 0 Å². The summed E-state index contributed by atoms with van der Waals surface area (Å²) < 4.78 is 6.01. The number of nitrogens with two attached hydrogens (primary N) is 1. The van der Waals surface area contributed by atoms with E-state index in [4.69, 9.17) is 15.9 Å². The average molecular weight is 247 g/mol. The first-order valence-electron chi connectivity index (χ1n) is 6.56. The van der Waals surface area contributed by atoms with E-state index in [0.29, 0.717) is 17.4 Å².